The van der Waals surface area contributed by atoms with Crippen molar-refractivity contribution in [1.29, 1.82) is 0 Å². The second-order valence-corrected chi connectivity index (χ2v) is 19.9. The molecule has 6 fully saturated rings. The number of carbonyl (C=O) groups excluding carboxylic acids is 1. The molecule has 13 heteroatoms. The van der Waals surface area contributed by atoms with Gasteiger partial charge in [-0.2, -0.15) is 0 Å². The molecular weight excluding hydrogens is 700 g/mol. The average Bonchev–Trinajstić information content (AvgIpc) is 3.11. The number of hydrogen-bond donors (Lipinski definition) is 8. The van der Waals surface area contributed by atoms with Crippen LogP contribution in [0.3, 0.4) is 0 Å². The molecule has 19 atom stereocenters. The Kier molecular flexibility index (Phi) is 10.4. The lowest BCUT2D eigenvalue weighted by molar-refractivity contribution is -0.308. The number of rotatable bonds is 5. The molecular formula is C41H66O13. The molecule has 54 heavy (non-hydrogen) atoms. The van der Waals surface area contributed by atoms with Crippen molar-refractivity contribution < 1.29 is 64.6 Å². The maximum atomic E-state index is 14.6. The zero-order chi connectivity index (χ0) is 39.6. The number of fused-ring (bicyclic) bond motifs is 7. The average molecular weight is 767 g/mol. The molecule has 2 heterocycles. The van der Waals surface area contributed by atoms with Gasteiger partial charge in [0, 0.05) is 5.92 Å². The van der Waals surface area contributed by atoms with Crippen LogP contribution in [0.1, 0.15) is 106 Å². The number of hydrogen-bond acceptors (Lipinski definition) is 13. The number of aliphatic hydroxyl groups excluding tert-OH is 7. The van der Waals surface area contributed by atoms with E-state index in [0.717, 1.165) is 37.7 Å². The van der Waals surface area contributed by atoms with E-state index in [-0.39, 0.29) is 46.2 Å². The molecule has 1 unspecified atom stereocenters. The normalized spacial score (nSPS) is 55.6. The standard InChI is InChI=1S/C41H66O13/c1-20-10-15-41(35(49)54-34-31(48)29(46)28(45)23(18-42)52-34)17-16-38(5)21(32(41)40(20,7)50)8-9-25-37(4)13-12-26(36(2,3)24(37)11-14-39(25,38)6)53-33-30(47)27(44)22(43)19-51-33/h8,20,22-34,42-48,50H,9-19H2,1-7H3/t20-,22+,23-,24?,25-,26+,27+,28-,29+,30-,31-,32-,33+,34+,37+,38-,39-,40-,41+/m1/s1. The van der Waals surface area contributed by atoms with E-state index in [1.165, 1.54) is 0 Å². The van der Waals surface area contributed by atoms with E-state index < -0.39 is 84.8 Å². The maximum absolute atomic E-state index is 14.6. The summed E-state index contributed by atoms with van der Waals surface area (Å²) in [5.41, 5.74) is -2.15. The van der Waals surface area contributed by atoms with Crippen LogP contribution in [-0.4, -0.2) is 127 Å². The Morgan fingerprint density at radius 2 is 1.50 bits per heavy atom. The molecule has 2 saturated heterocycles. The van der Waals surface area contributed by atoms with Crippen LogP contribution in [0, 0.1) is 50.7 Å². The van der Waals surface area contributed by atoms with Crippen molar-refractivity contribution in [1.82, 2.24) is 0 Å². The fourth-order valence-corrected chi connectivity index (χ4v) is 13.5. The number of allylic oxidation sites excluding steroid dienone is 1. The summed E-state index contributed by atoms with van der Waals surface area (Å²) in [6.45, 7) is 14.8. The first kappa shape index (κ1) is 40.9. The molecule has 0 aromatic heterocycles. The van der Waals surface area contributed by atoms with Crippen LogP contribution in [0.5, 0.6) is 0 Å². The smallest absolute Gasteiger partial charge is 0.315 e. The molecule has 5 aliphatic carbocycles. The lowest BCUT2D eigenvalue weighted by atomic mass is 9.33. The highest BCUT2D eigenvalue weighted by molar-refractivity contribution is 5.79. The summed E-state index contributed by atoms with van der Waals surface area (Å²) in [5, 5.41) is 84.8. The van der Waals surface area contributed by atoms with Crippen LogP contribution in [-0.2, 0) is 23.7 Å². The molecule has 0 aromatic rings. The van der Waals surface area contributed by atoms with Crippen LogP contribution in [0.25, 0.3) is 0 Å². The Balaban J connectivity index is 1.19. The minimum absolute atomic E-state index is 0.0674. The van der Waals surface area contributed by atoms with E-state index in [1.807, 2.05) is 13.8 Å². The van der Waals surface area contributed by atoms with E-state index in [4.69, 9.17) is 18.9 Å². The van der Waals surface area contributed by atoms with Crippen LogP contribution >= 0.6 is 0 Å². The van der Waals surface area contributed by atoms with Gasteiger partial charge >= 0.3 is 5.97 Å². The maximum Gasteiger partial charge on any atom is 0.315 e. The van der Waals surface area contributed by atoms with Crippen LogP contribution in [0.2, 0.25) is 0 Å². The fourth-order valence-electron chi connectivity index (χ4n) is 13.5. The van der Waals surface area contributed by atoms with E-state index in [1.54, 1.807) is 0 Å². The third kappa shape index (κ3) is 5.68. The van der Waals surface area contributed by atoms with Gasteiger partial charge in [-0.05, 0) is 104 Å². The molecule has 0 spiro atoms. The quantitative estimate of drug-likeness (QED) is 0.114. The zero-order valence-corrected chi connectivity index (χ0v) is 33.1. The Morgan fingerprint density at radius 1 is 0.815 bits per heavy atom. The molecule has 0 aromatic carbocycles. The van der Waals surface area contributed by atoms with Crippen molar-refractivity contribution in [3.8, 4) is 0 Å². The Bertz CT molecular complexity index is 1470. The molecule has 4 saturated carbocycles. The number of esters is 1. The summed E-state index contributed by atoms with van der Waals surface area (Å²) in [6.07, 6.45) is -4.04. The zero-order valence-electron chi connectivity index (χ0n) is 33.1. The first-order valence-corrected chi connectivity index (χ1v) is 20.4. The van der Waals surface area contributed by atoms with Gasteiger partial charge in [0.15, 0.2) is 6.29 Å². The number of ether oxygens (including phenoxy) is 4. The molecule has 13 nitrogen and oxygen atoms in total. The highest BCUT2D eigenvalue weighted by Gasteiger charge is 2.72. The molecule has 2 aliphatic heterocycles. The van der Waals surface area contributed by atoms with Crippen LogP contribution < -0.4 is 0 Å². The lowest BCUT2D eigenvalue weighted by Crippen LogP contribution is -2.68. The second-order valence-electron chi connectivity index (χ2n) is 19.9. The van der Waals surface area contributed by atoms with Crippen LogP contribution in [0.4, 0.5) is 0 Å². The van der Waals surface area contributed by atoms with E-state index in [2.05, 4.69) is 40.7 Å². The van der Waals surface area contributed by atoms with Gasteiger partial charge in [-0.25, -0.2) is 0 Å². The van der Waals surface area contributed by atoms with Crippen molar-refractivity contribution in [2.75, 3.05) is 13.2 Å². The summed E-state index contributed by atoms with van der Waals surface area (Å²) >= 11 is 0. The Morgan fingerprint density at radius 3 is 2.19 bits per heavy atom. The van der Waals surface area contributed by atoms with Gasteiger partial charge < -0.3 is 59.8 Å². The highest BCUT2D eigenvalue weighted by Crippen LogP contribution is 2.76. The molecule has 0 bridgehead atoms. The van der Waals surface area contributed by atoms with Crippen molar-refractivity contribution in [3.05, 3.63) is 11.6 Å². The third-order valence-electron chi connectivity index (χ3n) is 17.2. The summed E-state index contributed by atoms with van der Waals surface area (Å²) in [5.74, 6) is -0.699. The summed E-state index contributed by atoms with van der Waals surface area (Å²) in [7, 11) is 0. The molecule has 0 amide bonds. The summed E-state index contributed by atoms with van der Waals surface area (Å²) < 4.78 is 23.7. The Labute approximate surface area is 319 Å². The van der Waals surface area contributed by atoms with E-state index >= 15 is 0 Å². The van der Waals surface area contributed by atoms with Crippen molar-refractivity contribution in [2.45, 2.75) is 173 Å². The van der Waals surface area contributed by atoms with Gasteiger partial charge in [0.05, 0.1) is 30.3 Å². The Hall–Kier alpha value is -1.23. The third-order valence-corrected chi connectivity index (χ3v) is 17.2. The first-order chi connectivity index (χ1) is 25.1. The molecule has 8 N–H and O–H groups in total. The van der Waals surface area contributed by atoms with Gasteiger partial charge in [0.25, 0.3) is 0 Å². The molecule has 308 valence electrons. The first-order valence-electron chi connectivity index (χ1n) is 20.4. The van der Waals surface area contributed by atoms with Crippen molar-refractivity contribution in [3.63, 3.8) is 0 Å². The number of aliphatic hydroxyl groups is 8. The molecule has 7 aliphatic rings. The predicted octanol–water partition coefficient (Wildman–Crippen LogP) is 1.93. The lowest BCUT2D eigenvalue weighted by Gasteiger charge is -2.72. The second kappa shape index (κ2) is 13.7. The van der Waals surface area contributed by atoms with Crippen molar-refractivity contribution in [2.24, 2.45) is 50.7 Å². The van der Waals surface area contributed by atoms with Crippen molar-refractivity contribution >= 4 is 5.97 Å². The molecule has 7 rings (SSSR count). The van der Waals surface area contributed by atoms with Gasteiger partial charge in [0.2, 0.25) is 6.29 Å². The van der Waals surface area contributed by atoms with Gasteiger partial charge in [-0.15, -0.1) is 0 Å². The SMILES string of the molecule is C[C@@H]1CC[C@]2(C(=O)O[C@@H]3O[C@H](CO)[C@@H](O)[C@H](O)[C@H]3O)CC[C@]3(C)C(=CC[C@@H]4[C@@]5(C)CC[C@H](O[C@@H]6OC[C@H](O)[C@H](O)[C@H]6O)C(C)(C)C5CC[C@]43C)[C@@H]2[C@]1(C)O. The summed E-state index contributed by atoms with van der Waals surface area (Å²) in [4.78, 5) is 14.6. The minimum atomic E-state index is -1.72. The fraction of sp³-hybridized carbons (Fsp3) is 0.927. The highest BCUT2D eigenvalue weighted by atomic mass is 16.7. The number of carbonyl (C=O) groups is 1. The minimum Gasteiger partial charge on any atom is -0.432 e. The topological polar surface area (TPSA) is 216 Å². The predicted molar refractivity (Wildman–Crippen MR) is 193 cm³/mol. The van der Waals surface area contributed by atoms with Gasteiger partial charge in [-0.3, -0.25) is 4.79 Å². The van der Waals surface area contributed by atoms with E-state index in [9.17, 15) is 45.6 Å². The largest absolute Gasteiger partial charge is 0.432 e. The monoisotopic (exact) mass is 766 g/mol. The molecule has 0 radical (unpaired) electrons. The van der Waals surface area contributed by atoms with Gasteiger partial charge in [0.1, 0.15) is 42.7 Å². The van der Waals surface area contributed by atoms with E-state index in [0.29, 0.717) is 31.6 Å². The van der Waals surface area contributed by atoms with Crippen LogP contribution in [0.15, 0.2) is 11.6 Å². The van der Waals surface area contributed by atoms with Gasteiger partial charge in [-0.1, -0.05) is 53.2 Å². The summed E-state index contributed by atoms with van der Waals surface area (Å²) in [6, 6.07) is 0.